The van der Waals surface area contributed by atoms with E-state index in [-0.39, 0.29) is 23.8 Å². The average Bonchev–Trinajstić information content (AvgIpc) is 2.77. The molecular weight excluding hydrogens is 210 g/mol. The molecule has 0 aliphatic carbocycles. The quantitative estimate of drug-likeness (QED) is 0.620. The van der Waals surface area contributed by atoms with Crippen molar-refractivity contribution in [3.8, 4) is 0 Å². The number of H-pyrrole nitrogens is 1. The van der Waals surface area contributed by atoms with E-state index >= 15 is 0 Å². The van der Waals surface area contributed by atoms with Gasteiger partial charge in [0.2, 0.25) is 0 Å². The van der Waals surface area contributed by atoms with Crippen molar-refractivity contribution < 1.29 is 9.90 Å². The topological polar surface area (TPSA) is 104 Å². The first-order chi connectivity index (χ1) is 7.55. The molecule has 0 aliphatic rings. The van der Waals surface area contributed by atoms with E-state index in [0.717, 1.165) is 12.8 Å². The standard InChI is InChI=1S/C9H17N5O2/c1-9(2,4-3-5-15)6-10-8(16)7-11-13-14-12-7/h15H,3-6H2,1-2H3,(H,10,16)(H,11,12,13,14). The SMILES string of the molecule is CC(C)(CCCO)CNC(=O)c1nn[nH]n1. The first-order valence-electron chi connectivity index (χ1n) is 5.18. The van der Waals surface area contributed by atoms with Gasteiger partial charge in [0.05, 0.1) is 0 Å². The van der Waals surface area contributed by atoms with Gasteiger partial charge in [-0.3, -0.25) is 4.79 Å². The summed E-state index contributed by atoms with van der Waals surface area (Å²) in [5.74, 6) is -0.302. The Morgan fingerprint density at radius 1 is 1.56 bits per heavy atom. The molecule has 3 N–H and O–H groups in total. The summed E-state index contributed by atoms with van der Waals surface area (Å²) < 4.78 is 0. The highest BCUT2D eigenvalue weighted by atomic mass is 16.2. The Morgan fingerprint density at radius 2 is 2.31 bits per heavy atom. The van der Waals surface area contributed by atoms with E-state index in [4.69, 9.17) is 5.11 Å². The minimum atomic E-state index is -0.342. The summed E-state index contributed by atoms with van der Waals surface area (Å²) in [6.07, 6.45) is 1.57. The van der Waals surface area contributed by atoms with E-state index in [1.807, 2.05) is 13.8 Å². The number of amides is 1. The van der Waals surface area contributed by atoms with Gasteiger partial charge in [-0.2, -0.15) is 5.21 Å². The van der Waals surface area contributed by atoms with Gasteiger partial charge in [0.1, 0.15) is 0 Å². The number of hydrogen-bond donors (Lipinski definition) is 3. The monoisotopic (exact) mass is 227 g/mol. The maximum absolute atomic E-state index is 11.5. The van der Waals surface area contributed by atoms with Gasteiger partial charge in [0.25, 0.3) is 11.7 Å². The third-order valence-electron chi connectivity index (χ3n) is 2.29. The van der Waals surface area contributed by atoms with Crippen LogP contribution in [-0.2, 0) is 0 Å². The van der Waals surface area contributed by atoms with Crippen molar-refractivity contribution in [2.75, 3.05) is 13.2 Å². The molecule has 7 heteroatoms. The molecule has 1 amide bonds. The minimum Gasteiger partial charge on any atom is -0.396 e. The molecule has 0 bridgehead atoms. The van der Waals surface area contributed by atoms with Crippen LogP contribution in [0.5, 0.6) is 0 Å². The largest absolute Gasteiger partial charge is 0.396 e. The van der Waals surface area contributed by atoms with Gasteiger partial charge >= 0.3 is 0 Å². The smallest absolute Gasteiger partial charge is 0.292 e. The Hall–Kier alpha value is -1.50. The van der Waals surface area contributed by atoms with Crippen molar-refractivity contribution in [3.63, 3.8) is 0 Å². The van der Waals surface area contributed by atoms with Crippen molar-refractivity contribution in [2.45, 2.75) is 26.7 Å². The summed E-state index contributed by atoms with van der Waals surface area (Å²) in [5.41, 5.74) is -0.0534. The van der Waals surface area contributed by atoms with Crippen LogP contribution in [0.1, 0.15) is 37.3 Å². The van der Waals surface area contributed by atoms with Crippen LogP contribution in [0.4, 0.5) is 0 Å². The van der Waals surface area contributed by atoms with Crippen LogP contribution < -0.4 is 5.32 Å². The zero-order valence-electron chi connectivity index (χ0n) is 9.53. The van der Waals surface area contributed by atoms with Crippen LogP contribution in [-0.4, -0.2) is 44.8 Å². The predicted molar refractivity (Wildman–Crippen MR) is 56.6 cm³/mol. The molecule has 0 saturated carbocycles. The zero-order chi connectivity index (χ0) is 12.0. The van der Waals surface area contributed by atoms with Crippen LogP contribution in [0, 0.1) is 5.41 Å². The lowest BCUT2D eigenvalue weighted by Gasteiger charge is -2.24. The van der Waals surface area contributed by atoms with Crippen molar-refractivity contribution in [1.29, 1.82) is 0 Å². The number of aromatic nitrogens is 4. The summed E-state index contributed by atoms with van der Waals surface area (Å²) in [4.78, 5) is 11.5. The molecule has 7 nitrogen and oxygen atoms in total. The molecule has 0 atom stereocenters. The van der Waals surface area contributed by atoms with E-state index < -0.39 is 0 Å². The highest BCUT2D eigenvalue weighted by Gasteiger charge is 2.19. The van der Waals surface area contributed by atoms with Crippen LogP contribution in [0.2, 0.25) is 0 Å². The number of aliphatic hydroxyl groups is 1. The van der Waals surface area contributed by atoms with Crippen LogP contribution in [0.15, 0.2) is 0 Å². The Labute approximate surface area is 93.6 Å². The molecule has 0 unspecified atom stereocenters. The Bertz CT molecular complexity index is 323. The van der Waals surface area contributed by atoms with Crippen LogP contribution in [0.3, 0.4) is 0 Å². The van der Waals surface area contributed by atoms with E-state index in [1.165, 1.54) is 0 Å². The Kier molecular flexibility index (Phi) is 4.36. The zero-order valence-corrected chi connectivity index (χ0v) is 9.53. The van der Waals surface area contributed by atoms with Gasteiger partial charge in [0, 0.05) is 13.2 Å². The van der Waals surface area contributed by atoms with Gasteiger partial charge in [0.15, 0.2) is 0 Å². The van der Waals surface area contributed by atoms with Gasteiger partial charge < -0.3 is 10.4 Å². The lowest BCUT2D eigenvalue weighted by Crippen LogP contribution is -2.34. The fourth-order valence-electron chi connectivity index (χ4n) is 1.30. The molecule has 0 radical (unpaired) electrons. The summed E-state index contributed by atoms with van der Waals surface area (Å²) in [6.45, 7) is 4.74. The van der Waals surface area contributed by atoms with E-state index in [1.54, 1.807) is 0 Å². The Morgan fingerprint density at radius 3 is 2.88 bits per heavy atom. The molecule has 16 heavy (non-hydrogen) atoms. The van der Waals surface area contributed by atoms with Crippen molar-refractivity contribution in [2.24, 2.45) is 5.41 Å². The van der Waals surface area contributed by atoms with Crippen molar-refractivity contribution in [1.82, 2.24) is 25.9 Å². The van der Waals surface area contributed by atoms with E-state index in [9.17, 15) is 4.79 Å². The second kappa shape index (κ2) is 5.55. The fraction of sp³-hybridized carbons (Fsp3) is 0.778. The molecule has 0 aromatic carbocycles. The number of nitrogens with zero attached hydrogens (tertiary/aromatic N) is 3. The van der Waals surface area contributed by atoms with Gasteiger partial charge in [-0.25, -0.2) is 0 Å². The van der Waals surface area contributed by atoms with Gasteiger partial charge in [-0.15, -0.1) is 10.2 Å². The van der Waals surface area contributed by atoms with Gasteiger partial charge in [-0.05, 0) is 23.5 Å². The molecule has 0 fully saturated rings. The molecule has 0 aliphatic heterocycles. The maximum atomic E-state index is 11.5. The van der Waals surface area contributed by atoms with Crippen molar-refractivity contribution >= 4 is 5.91 Å². The fourth-order valence-corrected chi connectivity index (χ4v) is 1.30. The Balaban J connectivity index is 2.36. The minimum absolute atomic E-state index is 0.0398. The molecule has 1 heterocycles. The third-order valence-corrected chi connectivity index (χ3v) is 2.29. The number of carbonyl (C=O) groups excluding carboxylic acids is 1. The summed E-state index contributed by atoms with van der Waals surface area (Å²) in [7, 11) is 0. The average molecular weight is 227 g/mol. The number of carbonyl (C=O) groups is 1. The van der Waals surface area contributed by atoms with E-state index in [2.05, 4.69) is 25.9 Å². The number of aromatic amines is 1. The lowest BCUT2D eigenvalue weighted by molar-refractivity contribution is 0.0922. The molecule has 1 aromatic heterocycles. The molecule has 0 spiro atoms. The number of aliphatic hydroxyl groups excluding tert-OH is 1. The number of rotatable bonds is 6. The number of tetrazole rings is 1. The second-order valence-electron chi connectivity index (χ2n) is 4.41. The highest BCUT2D eigenvalue weighted by Crippen LogP contribution is 2.20. The summed E-state index contributed by atoms with van der Waals surface area (Å²) in [5, 5.41) is 24.2. The molecule has 90 valence electrons. The molecule has 1 rings (SSSR count). The third kappa shape index (κ3) is 3.93. The maximum Gasteiger partial charge on any atom is 0.292 e. The van der Waals surface area contributed by atoms with Crippen LogP contribution >= 0.6 is 0 Å². The molecular formula is C9H17N5O2. The molecule has 1 aromatic rings. The number of hydrogen-bond acceptors (Lipinski definition) is 5. The first-order valence-corrected chi connectivity index (χ1v) is 5.18. The summed E-state index contributed by atoms with van der Waals surface area (Å²) in [6, 6.07) is 0. The molecule has 0 saturated heterocycles. The highest BCUT2D eigenvalue weighted by molar-refractivity contribution is 5.90. The van der Waals surface area contributed by atoms with Crippen molar-refractivity contribution in [3.05, 3.63) is 5.82 Å². The number of nitrogens with one attached hydrogen (secondary N) is 2. The normalized spacial score (nSPS) is 11.4. The second-order valence-corrected chi connectivity index (χ2v) is 4.41. The van der Waals surface area contributed by atoms with Gasteiger partial charge in [-0.1, -0.05) is 13.8 Å². The first kappa shape index (κ1) is 12.6. The van der Waals surface area contributed by atoms with Crippen LogP contribution in [0.25, 0.3) is 0 Å². The lowest BCUT2D eigenvalue weighted by atomic mass is 9.88. The summed E-state index contributed by atoms with van der Waals surface area (Å²) >= 11 is 0. The predicted octanol–water partition coefficient (Wildman–Crippen LogP) is -0.272. The van der Waals surface area contributed by atoms with E-state index in [0.29, 0.717) is 6.54 Å².